The summed E-state index contributed by atoms with van der Waals surface area (Å²) in [4.78, 5) is 18.5. The number of ether oxygens (including phenoxy) is 1. The number of carbonyl (C=O) groups excluding carboxylic acids is 1. The van der Waals surface area contributed by atoms with Gasteiger partial charge in [0.25, 0.3) is 5.91 Å². The fraction of sp³-hybridized carbons (Fsp3) is 0.200. The molecule has 0 aliphatic carbocycles. The van der Waals surface area contributed by atoms with E-state index in [1.165, 1.54) is 12.1 Å². The molecule has 0 N–H and O–H groups in total. The number of nitrogens with zero attached hydrogens (tertiary/aromatic N) is 2. The number of amides is 1. The maximum atomic E-state index is 13.8. The van der Waals surface area contributed by atoms with Crippen LogP contribution in [0.2, 0.25) is 0 Å². The smallest absolute Gasteiger partial charge is 0.256 e. The van der Waals surface area contributed by atoms with Gasteiger partial charge in [0.05, 0.1) is 12.1 Å². The fourth-order valence-electron chi connectivity index (χ4n) is 3.16. The zero-order valence-electron chi connectivity index (χ0n) is 13.6. The molecule has 1 aromatic heterocycles. The van der Waals surface area contributed by atoms with Gasteiger partial charge in [-0.25, -0.2) is 4.39 Å². The number of para-hydroxylation sites is 1. The van der Waals surface area contributed by atoms with Crippen molar-refractivity contribution < 1.29 is 13.9 Å². The van der Waals surface area contributed by atoms with Crippen LogP contribution in [0.15, 0.2) is 60.8 Å². The van der Waals surface area contributed by atoms with Crippen LogP contribution in [0.5, 0.6) is 5.75 Å². The Bertz CT molecular complexity index is 923. The van der Waals surface area contributed by atoms with E-state index in [9.17, 15) is 9.18 Å². The van der Waals surface area contributed by atoms with Gasteiger partial charge in [-0.05, 0) is 24.3 Å². The van der Waals surface area contributed by atoms with Crippen molar-refractivity contribution in [2.75, 3.05) is 13.1 Å². The van der Waals surface area contributed by atoms with Crippen molar-refractivity contribution in [2.24, 2.45) is 0 Å². The Kier molecular flexibility index (Phi) is 4.06. The number of halogens is 1. The number of carbonyl (C=O) groups is 1. The van der Waals surface area contributed by atoms with Crippen LogP contribution in [0.4, 0.5) is 4.39 Å². The molecule has 2 aromatic carbocycles. The van der Waals surface area contributed by atoms with Gasteiger partial charge in [0, 0.05) is 24.5 Å². The summed E-state index contributed by atoms with van der Waals surface area (Å²) >= 11 is 0. The number of likely N-dealkylation sites (tertiary alicyclic amines) is 1. The molecular formula is C20H17FN2O2. The van der Waals surface area contributed by atoms with E-state index in [0.29, 0.717) is 25.3 Å². The SMILES string of the molecule is O=C(c1ccccc1F)N1CC[C@@H](Oc2cccc3cccnc23)C1. The highest BCUT2D eigenvalue weighted by Gasteiger charge is 2.29. The molecule has 25 heavy (non-hydrogen) atoms. The summed E-state index contributed by atoms with van der Waals surface area (Å²) in [6, 6.07) is 15.7. The lowest BCUT2D eigenvalue weighted by Gasteiger charge is -2.18. The molecule has 0 saturated carbocycles. The third kappa shape index (κ3) is 3.05. The first-order valence-electron chi connectivity index (χ1n) is 8.26. The van der Waals surface area contributed by atoms with Crippen molar-refractivity contribution in [2.45, 2.75) is 12.5 Å². The van der Waals surface area contributed by atoms with E-state index in [1.54, 1.807) is 23.2 Å². The number of hydrogen-bond donors (Lipinski definition) is 0. The van der Waals surface area contributed by atoms with Gasteiger partial charge < -0.3 is 9.64 Å². The Labute approximate surface area is 144 Å². The first kappa shape index (κ1) is 15.6. The molecule has 4 rings (SSSR count). The monoisotopic (exact) mass is 336 g/mol. The van der Waals surface area contributed by atoms with E-state index in [1.807, 2.05) is 30.3 Å². The maximum absolute atomic E-state index is 13.8. The van der Waals surface area contributed by atoms with Crippen molar-refractivity contribution in [1.82, 2.24) is 9.88 Å². The third-order valence-electron chi connectivity index (χ3n) is 4.43. The van der Waals surface area contributed by atoms with Gasteiger partial charge in [-0.3, -0.25) is 9.78 Å². The van der Waals surface area contributed by atoms with Crippen LogP contribution in [0.1, 0.15) is 16.8 Å². The molecule has 0 spiro atoms. The summed E-state index contributed by atoms with van der Waals surface area (Å²) in [7, 11) is 0. The van der Waals surface area contributed by atoms with Crippen LogP contribution in [0.3, 0.4) is 0 Å². The third-order valence-corrected chi connectivity index (χ3v) is 4.43. The Hall–Kier alpha value is -2.95. The van der Waals surface area contributed by atoms with E-state index >= 15 is 0 Å². The predicted molar refractivity (Wildman–Crippen MR) is 93.1 cm³/mol. The normalized spacial score (nSPS) is 17.0. The maximum Gasteiger partial charge on any atom is 0.256 e. The molecule has 1 aliphatic heterocycles. The number of pyridine rings is 1. The van der Waals surface area contributed by atoms with Gasteiger partial charge in [0.15, 0.2) is 0 Å². The minimum atomic E-state index is -0.491. The van der Waals surface area contributed by atoms with Crippen molar-refractivity contribution in [1.29, 1.82) is 0 Å². The zero-order valence-corrected chi connectivity index (χ0v) is 13.6. The van der Waals surface area contributed by atoms with Crippen LogP contribution in [0, 0.1) is 5.82 Å². The standard InChI is InChI=1S/C20H17FN2O2/c21-17-8-2-1-7-16(17)20(24)23-12-10-15(13-23)25-18-9-3-5-14-6-4-11-22-19(14)18/h1-9,11,15H,10,12-13H2/t15-/m1/s1. The molecule has 1 fully saturated rings. The molecule has 1 saturated heterocycles. The van der Waals surface area contributed by atoms with Gasteiger partial charge >= 0.3 is 0 Å². The molecule has 4 nitrogen and oxygen atoms in total. The number of fused-ring (bicyclic) bond motifs is 1. The minimum absolute atomic E-state index is 0.106. The molecule has 1 aliphatic rings. The van der Waals surface area contributed by atoms with Crippen molar-refractivity contribution in [3.63, 3.8) is 0 Å². The molecule has 1 amide bonds. The van der Waals surface area contributed by atoms with E-state index in [0.717, 1.165) is 10.9 Å². The quantitative estimate of drug-likeness (QED) is 0.733. The largest absolute Gasteiger partial charge is 0.486 e. The average Bonchev–Trinajstić information content (AvgIpc) is 3.10. The van der Waals surface area contributed by atoms with E-state index < -0.39 is 5.82 Å². The van der Waals surface area contributed by atoms with Crippen LogP contribution in [-0.2, 0) is 0 Å². The van der Waals surface area contributed by atoms with Crippen LogP contribution in [0.25, 0.3) is 10.9 Å². The lowest BCUT2D eigenvalue weighted by molar-refractivity contribution is 0.0768. The Morgan fingerprint density at radius 2 is 1.96 bits per heavy atom. The Balaban J connectivity index is 1.49. The lowest BCUT2D eigenvalue weighted by atomic mass is 10.2. The number of hydrogen-bond acceptors (Lipinski definition) is 3. The summed E-state index contributed by atoms with van der Waals surface area (Å²) in [5.74, 6) is -0.0707. The van der Waals surface area contributed by atoms with Crippen LogP contribution >= 0.6 is 0 Å². The number of rotatable bonds is 3. The van der Waals surface area contributed by atoms with Crippen molar-refractivity contribution in [3.05, 3.63) is 72.2 Å². The van der Waals surface area contributed by atoms with Gasteiger partial charge in [0.2, 0.25) is 0 Å². The van der Waals surface area contributed by atoms with Crippen LogP contribution < -0.4 is 4.74 Å². The second-order valence-corrected chi connectivity index (χ2v) is 6.09. The van der Waals surface area contributed by atoms with Gasteiger partial charge in [0.1, 0.15) is 23.2 Å². The second kappa shape index (κ2) is 6.51. The van der Waals surface area contributed by atoms with E-state index in [2.05, 4.69) is 4.98 Å². The summed E-state index contributed by atoms with van der Waals surface area (Å²) in [5.41, 5.74) is 0.916. The van der Waals surface area contributed by atoms with E-state index in [-0.39, 0.29) is 17.6 Å². The molecule has 0 bridgehead atoms. The zero-order chi connectivity index (χ0) is 17.2. The highest BCUT2D eigenvalue weighted by atomic mass is 19.1. The van der Waals surface area contributed by atoms with Crippen molar-refractivity contribution in [3.8, 4) is 5.75 Å². The van der Waals surface area contributed by atoms with Crippen LogP contribution in [-0.4, -0.2) is 35.0 Å². The summed E-state index contributed by atoms with van der Waals surface area (Å²) in [6.45, 7) is 0.992. The second-order valence-electron chi connectivity index (χ2n) is 6.09. The van der Waals surface area contributed by atoms with E-state index in [4.69, 9.17) is 4.74 Å². The number of aromatic nitrogens is 1. The average molecular weight is 336 g/mol. The molecule has 0 unspecified atom stereocenters. The predicted octanol–water partition coefficient (Wildman–Crippen LogP) is 3.67. The topological polar surface area (TPSA) is 42.4 Å². The van der Waals surface area contributed by atoms with Crippen molar-refractivity contribution >= 4 is 16.8 Å². The molecule has 126 valence electrons. The molecule has 0 radical (unpaired) electrons. The molecule has 3 aromatic rings. The molecule has 1 atom stereocenters. The lowest BCUT2D eigenvalue weighted by Crippen LogP contribution is -2.31. The minimum Gasteiger partial charge on any atom is -0.486 e. The highest BCUT2D eigenvalue weighted by Crippen LogP contribution is 2.26. The molecule has 2 heterocycles. The van der Waals surface area contributed by atoms with Gasteiger partial charge in [-0.15, -0.1) is 0 Å². The Morgan fingerprint density at radius 1 is 1.12 bits per heavy atom. The Morgan fingerprint density at radius 3 is 2.84 bits per heavy atom. The highest BCUT2D eigenvalue weighted by molar-refractivity contribution is 5.94. The summed E-state index contributed by atoms with van der Waals surface area (Å²) in [6.07, 6.45) is 2.32. The number of benzene rings is 2. The fourth-order valence-corrected chi connectivity index (χ4v) is 3.16. The molecule has 5 heteroatoms. The summed E-state index contributed by atoms with van der Waals surface area (Å²) < 4.78 is 19.9. The first-order chi connectivity index (χ1) is 12.2. The van der Waals surface area contributed by atoms with Gasteiger partial charge in [-0.2, -0.15) is 0 Å². The first-order valence-corrected chi connectivity index (χ1v) is 8.26. The molecular weight excluding hydrogens is 319 g/mol. The van der Waals surface area contributed by atoms with Gasteiger partial charge in [-0.1, -0.05) is 30.3 Å². The summed E-state index contributed by atoms with van der Waals surface area (Å²) in [5, 5.41) is 1.01.